The summed E-state index contributed by atoms with van der Waals surface area (Å²) in [6.07, 6.45) is 0.690. The number of hydrogen-bond acceptors (Lipinski definition) is 3. The van der Waals surface area contributed by atoms with Crippen LogP contribution in [0.5, 0.6) is 0 Å². The summed E-state index contributed by atoms with van der Waals surface area (Å²) in [6, 6.07) is 7.92. The summed E-state index contributed by atoms with van der Waals surface area (Å²) in [6.45, 7) is 1.67. The van der Waals surface area contributed by atoms with Crippen LogP contribution in [0.4, 0.5) is 0 Å². The van der Waals surface area contributed by atoms with Crippen molar-refractivity contribution in [3.63, 3.8) is 0 Å². The van der Waals surface area contributed by atoms with Gasteiger partial charge >= 0.3 is 0 Å². The van der Waals surface area contributed by atoms with Gasteiger partial charge in [0.2, 0.25) is 5.91 Å². The largest absolute Gasteiger partial charge is 0.469 e. The Kier molecular flexibility index (Phi) is 3.44. The van der Waals surface area contributed by atoms with Crippen molar-refractivity contribution in [1.82, 2.24) is 5.32 Å². The molecule has 4 heteroatoms. The first-order chi connectivity index (χ1) is 8.22. The number of rotatable bonds is 4. The third kappa shape index (κ3) is 2.47. The molecule has 17 heavy (non-hydrogen) atoms. The van der Waals surface area contributed by atoms with Gasteiger partial charge in [-0.25, -0.2) is 0 Å². The second-order valence-electron chi connectivity index (χ2n) is 3.86. The van der Waals surface area contributed by atoms with Gasteiger partial charge < -0.3 is 14.8 Å². The molecule has 0 saturated heterocycles. The van der Waals surface area contributed by atoms with Crippen molar-refractivity contribution in [2.75, 3.05) is 13.9 Å². The fourth-order valence-electron chi connectivity index (χ4n) is 1.90. The zero-order valence-electron chi connectivity index (χ0n) is 9.95. The van der Waals surface area contributed by atoms with Gasteiger partial charge in [-0.05, 0) is 5.56 Å². The van der Waals surface area contributed by atoms with E-state index in [9.17, 15) is 4.79 Å². The topological polar surface area (TPSA) is 47.6 Å². The summed E-state index contributed by atoms with van der Waals surface area (Å²) in [4.78, 5) is 11.2. The highest BCUT2D eigenvalue weighted by molar-refractivity contribution is 5.88. The molecular formula is C13H15NO3. The molecule has 0 radical (unpaired) electrons. The van der Waals surface area contributed by atoms with Gasteiger partial charge in [-0.3, -0.25) is 4.79 Å². The summed E-state index contributed by atoms with van der Waals surface area (Å²) in [5, 5.41) is 2.82. The molecule has 1 N–H and O–H groups in total. The smallest absolute Gasteiger partial charge is 0.221 e. The van der Waals surface area contributed by atoms with Crippen LogP contribution in [0.25, 0.3) is 5.70 Å². The van der Waals surface area contributed by atoms with Crippen LogP contribution in [-0.4, -0.2) is 19.8 Å². The molecule has 0 saturated carbocycles. The van der Waals surface area contributed by atoms with Crippen LogP contribution in [0.3, 0.4) is 0 Å². The number of carbonyl (C=O) groups is 1. The molecular weight excluding hydrogens is 218 g/mol. The highest BCUT2D eigenvalue weighted by Crippen LogP contribution is 2.31. The van der Waals surface area contributed by atoms with Crippen LogP contribution in [0, 0.1) is 0 Å². The van der Waals surface area contributed by atoms with Crippen molar-refractivity contribution in [2.24, 2.45) is 0 Å². The van der Waals surface area contributed by atoms with Crippen LogP contribution in [0.1, 0.15) is 18.1 Å². The summed E-state index contributed by atoms with van der Waals surface area (Å²) in [5.41, 5.74) is 2.93. The summed E-state index contributed by atoms with van der Waals surface area (Å²) in [7, 11) is 1.57. The minimum atomic E-state index is -0.102. The Morgan fingerprint density at radius 1 is 1.41 bits per heavy atom. The molecule has 1 aliphatic carbocycles. The number of fused-ring (bicyclic) bond motifs is 1. The van der Waals surface area contributed by atoms with E-state index in [1.54, 1.807) is 7.11 Å². The normalized spacial score (nSPS) is 13.5. The lowest BCUT2D eigenvalue weighted by Gasteiger charge is -2.09. The zero-order valence-corrected chi connectivity index (χ0v) is 9.95. The maximum Gasteiger partial charge on any atom is 0.221 e. The van der Waals surface area contributed by atoms with Gasteiger partial charge in [-0.1, -0.05) is 24.3 Å². The van der Waals surface area contributed by atoms with Crippen LogP contribution in [0.15, 0.2) is 30.0 Å². The van der Waals surface area contributed by atoms with Crippen LogP contribution in [-0.2, 0) is 20.7 Å². The van der Waals surface area contributed by atoms with Gasteiger partial charge in [0.25, 0.3) is 0 Å². The lowest BCUT2D eigenvalue weighted by molar-refractivity contribution is -0.117. The number of amides is 1. The molecule has 90 valence electrons. The molecule has 0 bridgehead atoms. The number of ether oxygens (including phenoxy) is 2. The molecule has 0 heterocycles. The SMILES string of the molecule is COCOC1=C(NC(C)=O)c2ccccc2C1. The molecule has 0 atom stereocenters. The first kappa shape index (κ1) is 11.7. The number of nitrogens with one attached hydrogen (secondary N) is 1. The maximum atomic E-state index is 11.2. The molecule has 1 amide bonds. The monoisotopic (exact) mass is 233 g/mol. The number of carbonyl (C=O) groups excluding carboxylic acids is 1. The molecule has 0 aromatic heterocycles. The molecule has 1 aromatic carbocycles. The van der Waals surface area contributed by atoms with Crippen molar-refractivity contribution < 1.29 is 14.3 Å². The van der Waals surface area contributed by atoms with Gasteiger partial charge in [-0.15, -0.1) is 0 Å². The third-order valence-electron chi connectivity index (χ3n) is 2.57. The molecule has 0 unspecified atom stereocenters. The predicted molar refractivity (Wildman–Crippen MR) is 63.8 cm³/mol. The predicted octanol–water partition coefficient (Wildman–Crippen LogP) is 1.67. The average Bonchev–Trinajstić information content (AvgIpc) is 2.64. The minimum Gasteiger partial charge on any atom is -0.469 e. The molecule has 0 aliphatic heterocycles. The number of methoxy groups -OCH3 is 1. The van der Waals surface area contributed by atoms with Crippen LogP contribution >= 0.6 is 0 Å². The van der Waals surface area contributed by atoms with E-state index in [-0.39, 0.29) is 12.7 Å². The lowest BCUT2D eigenvalue weighted by atomic mass is 10.1. The van der Waals surface area contributed by atoms with Gasteiger partial charge in [0.05, 0.1) is 5.70 Å². The second-order valence-corrected chi connectivity index (χ2v) is 3.86. The van der Waals surface area contributed by atoms with E-state index in [1.807, 2.05) is 24.3 Å². The average molecular weight is 233 g/mol. The first-order valence-corrected chi connectivity index (χ1v) is 5.43. The van der Waals surface area contributed by atoms with E-state index < -0.39 is 0 Å². The Hall–Kier alpha value is -1.81. The maximum absolute atomic E-state index is 11.2. The Labute approximate surface area is 100 Å². The highest BCUT2D eigenvalue weighted by atomic mass is 16.7. The molecule has 1 aliphatic rings. The Bertz CT molecular complexity index is 465. The molecule has 2 rings (SSSR count). The molecule has 1 aromatic rings. The first-order valence-electron chi connectivity index (χ1n) is 5.43. The Balaban J connectivity index is 2.29. The van der Waals surface area contributed by atoms with Crippen LogP contribution in [0.2, 0.25) is 0 Å². The number of hydrogen-bond donors (Lipinski definition) is 1. The summed E-state index contributed by atoms with van der Waals surface area (Å²) < 4.78 is 10.4. The van der Waals surface area contributed by atoms with E-state index in [0.29, 0.717) is 6.42 Å². The second kappa shape index (κ2) is 5.01. The number of allylic oxidation sites excluding steroid dienone is 1. The number of benzene rings is 1. The standard InChI is InChI=1S/C13H15NO3/c1-9(15)14-13-11-6-4-3-5-10(11)7-12(13)17-8-16-2/h3-6H,7-8H2,1-2H3,(H,14,15). The third-order valence-corrected chi connectivity index (χ3v) is 2.57. The van der Waals surface area contributed by atoms with Crippen molar-refractivity contribution in [3.8, 4) is 0 Å². The van der Waals surface area contributed by atoms with E-state index in [1.165, 1.54) is 6.92 Å². The fourth-order valence-corrected chi connectivity index (χ4v) is 1.90. The van der Waals surface area contributed by atoms with Crippen molar-refractivity contribution in [3.05, 3.63) is 41.2 Å². The van der Waals surface area contributed by atoms with E-state index >= 15 is 0 Å². The van der Waals surface area contributed by atoms with E-state index in [4.69, 9.17) is 9.47 Å². The Morgan fingerprint density at radius 2 is 2.18 bits per heavy atom. The lowest BCUT2D eigenvalue weighted by Crippen LogP contribution is -2.19. The minimum absolute atomic E-state index is 0.102. The summed E-state index contributed by atoms with van der Waals surface area (Å²) >= 11 is 0. The van der Waals surface area contributed by atoms with Gasteiger partial charge in [0.1, 0.15) is 5.76 Å². The van der Waals surface area contributed by atoms with Crippen molar-refractivity contribution in [1.29, 1.82) is 0 Å². The van der Waals surface area contributed by atoms with E-state index in [2.05, 4.69) is 5.32 Å². The highest BCUT2D eigenvalue weighted by Gasteiger charge is 2.23. The van der Waals surface area contributed by atoms with Gasteiger partial charge in [0.15, 0.2) is 6.79 Å². The summed E-state index contributed by atoms with van der Waals surface area (Å²) in [5.74, 6) is 0.651. The fraction of sp³-hybridized carbons (Fsp3) is 0.308. The van der Waals surface area contributed by atoms with Crippen molar-refractivity contribution >= 4 is 11.6 Å². The van der Waals surface area contributed by atoms with Gasteiger partial charge in [-0.2, -0.15) is 0 Å². The quantitative estimate of drug-likeness (QED) is 0.805. The molecule has 4 nitrogen and oxygen atoms in total. The molecule has 0 fully saturated rings. The van der Waals surface area contributed by atoms with Crippen molar-refractivity contribution in [2.45, 2.75) is 13.3 Å². The van der Waals surface area contributed by atoms with Gasteiger partial charge in [0, 0.05) is 26.0 Å². The molecule has 0 spiro atoms. The Morgan fingerprint density at radius 3 is 2.88 bits per heavy atom. The van der Waals surface area contributed by atoms with Crippen LogP contribution < -0.4 is 5.32 Å². The van der Waals surface area contributed by atoms with E-state index in [0.717, 1.165) is 22.6 Å². The zero-order chi connectivity index (χ0) is 12.3.